The quantitative estimate of drug-likeness (QED) is 0.899. The number of hydrogen-bond acceptors (Lipinski definition) is 5. The third-order valence-corrected chi connectivity index (χ3v) is 4.99. The molecule has 144 valence electrons. The Labute approximate surface area is 161 Å². The van der Waals surface area contributed by atoms with Crippen molar-refractivity contribution in [2.75, 3.05) is 42.9 Å². The number of anilines is 2. The topological polar surface area (TPSA) is 61.4 Å². The molecule has 2 aromatic rings. The summed E-state index contributed by atoms with van der Waals surface area (Å²) in [5.74, 6) is 0.413. The Morgan fingerprint density at radius 3 is 2.33 bits per heavy atom. The SMILES string of the molecule is CCN1CCN(c2nccc(C(=O)Nc3ccc(C(C)(C)C)cc3)n2)CC1. The summed E-state index contributed by atoms with van der Waals surface area (Å²) in [6.45, 7) is 13.5. The van der Waals surface area contributed by atoms with Crippen LogP contribution in [0.5, 0.6) is 0 Å². The van der Waals surface area contributed by atoms with Gasteiger partial charge in [-0.25, -0.2) is 9.97 Å². The van der Waals surface area contributed by atoms with Crippen LogP contribution < -0.4 is 10.2 Å². The lowest BCUT2D eigenvalue weighted by Crippen LogP contribution is -2.46. The second kappa shape index (κ2) is 8.05. The molecule has 0 bridgehead atoms. The number of carbonyl (C=O) groups excluding carboxylic acids is 1. The van der Waals surface area contributed by atoms with E-state index in [0.717, 1.165) is 38.4 Å². The van der Waals surface area contributed by atoms with Crippen LogP contribution in [0, 0.1) is 0 Å². The predicted octanol–water partition coefficient (Wildman–Crippen LogP) is 3.17. The molecule has 6 heteroatoms. The van der Waals surface area contributed by atoms with E-state index in [1.807, 2.05) is 24.3 Å². The van der Waals surface area contributed by atoms with E-state index < -0.39 is 0 Å². The van der Waals surface area contributed by atoms with Gasteiger partial charge in [-0.15, -0.1) is 0 Å². The molecule has 1 aliphatic heterocycles. The molecule has 0 spiro atoms. The standard InChI is InChI=1S/C21H29N5O/c1-5-25-12-14-26(15-13-25)20-22-11-10-18(24-20)19(27)23-17-8-6-16(7-9-17)21(2,3)4/h6-11H,5,12-15H2,1-4H3,(H,23,27). The Morgan fingerprint density at radius 1 is 1.07 bits per heavy atom. The summed E-state index contributed by atoms with van der Waals surface area (Å²) in [5, 5.41) is 2.93. The second-order valence-electron chi connectivity index (χ2n) is 7.94. The first-order valence-electron chi connectivity index (χ1n) is 9.59. The fourth-order valence-electron chi connectivity index (χ4n) is 3.14. The molecular formula is C21H29N5O. The van der Waals surface area contributed by atoms with Gasteiger partial charge in [0.1, 0.15) is 5.69 Å². The van der Waals surface area contributed by atoms with E-state index in [2.05, 4.69) is 52.8 Å². The molecular weight excluding hydrogens is 338 g/mol. The maximum Gasteiger partial charge on any atom is 0.274 e. The highest BCUT2D eigenvalue weighted by molar-refractivity contribution is 6.02. The molecule has 2 heterocycles. The molecule has 1 fully saturated rings. The van der Waals surface area contributed by atoms with Gasteiger partial charge < -0.3 is 15.1 Å². The molecule has 1 aromatic heterocycles. The fraction of sp³-hybridized carbons (Fsp3) is 0.476. The Hall–Kier alpha value is -2.47. The lowest BCUT2D eigenvalue weighted by molar-refractivity contribution is 0.102. The highest BCUT2D eigenvalue weighted by Crippen LogP contribution is 2.23. The number of benzene rings is 1. The summed E-state index contributed by atoms with van der Waals surface area (Å²) in [6.07, 6.45) is 1.66. The van der Waals surface area contributed by atoms with E-state index in [0.29, 0.717) is 11.6 Å². The van der Waals surface area contributed by atoms with Crippen molar-refractivity contribution in [3.8, 4) is 0 Å². The van der Waals surface area contributed by atoms with Crippen molar-refractivity contribution in [2.45, 2.75) is 33.1 Å². The molecule has 1 aliphatic rings. The Kier molecular flexibility index (Phi) is 5.75. The first-order valence-corrected chi connectivity index (χ1v) is 9.59. The number of carbonyl (C=O) groups is 1. The number of hydrogen-bond donors (Lipinski definition) is 1. The van der Waals surface area contributed by atoms with Crippen LogP contribution in [0.4, 0.5) is 11.6 Å². The smallest absolute Gasteiger partial charge is 0.274 e. The zero-order valence-corrected chi connectivity index (χ0v) is 16.7. The van der Waals surface area contributed by atoms with Gasteiger partial charge in [-0.05, 0) is 35.7 Å². The van der Waals surface area contributed by atoms with Crippen molar-refractivity contribution < 1.29 is 4.79 Å². The fourth-order valence-corrected chi connectivity index (χ4v) is 3.14. The van der Waals surface area contributed by atoms with E-state index in [4.69, 9.17) is 0 Å². The van der Waals surface area contributed by atoms with Crippen LogP contribution in [0.1, 0.15) is 43.7 Å². The second-order valence-corrected chi connectivity index (χ2v) is 7.94. The van der Waals surface area contributed by atoms with Gasteiger partial charge >= 0.3 is 0 Å². The number of likely N-dealkylation sites (N-methyl/N-ethyl adjacent to an activating group) is 1. The van der Waals surface area contributed by atoms with Gasteiger partial charge in [0.15, 0.2) is 0 Å². The summed E-state index contributed by atoms with van der Waals surface area (Å²) in [5.41, 5.74) is 2.48. The van der Waals surface area contributed by atoms with E-state index in [-0.39, 0.29) is 11.3 Å². The summed E-state index contributed by atoms with van der Waals surface area (Å²) in [4.78, 5) is 26.0. The first-order chi connectivity index (χ1) is 12.9. The third-order valence-electron chi connectivity index (χ3n) is 4.99. The molecule has 1 amide bonds. The minimum atomic E-state index is -0.214. The number of nitrogens with one attached hydrogen (secondary N) is 1. The van der Waals surface area contributed by atoms with Gasteiger partial charge in [0.2, 0.25) is 5.95 Å². The molecule has 1 N–H and O–H groups in total. The number of amides is 1. The molecule has 0 saturated carbocycles. The van der Waals surface area contributed by atoms with Gasteiger partial charge in [0, 0.05) is 38.1 Å². The molecule has 0 aliphatic carbocycles. The largest absolute Gasteiger partial charge is 0.338 e. The van der Waals surface area contributed by atoms with Crippen LogP contribution in [0.25, 0.3) is 0 Å². The lowest BCUT2D eigenvalue weighted by atomic mass is 9.87. The van der Waals surface area contributed by atoms with Gasteiger partial charge in [-0.2, -0.15) is 0 Å². The van der Waals surface area contributed by atoms with Gasteiger partial charge in [-0.3, -0.25) is 4.79 Å². The number of aromatic nitrogens is 2. The van der Waals surface area contributed by atoms with Gasteiger partial charge in [-0.1, -0.05) is 39.8 Å². The summed E-state index contributed by atoms with van der Waals surface area (Å²) in [6, 6.07) is 9.63. The van der Waals surface area contributed by atoms with Crippen LogP contribution >= 0.6 is 0 Å². The van der Waals surface area contributed by atoms with Crippen molar-refractivity contribution >= 4 is 17.5 Å². The maximum absolute atomic E-state index is 12.6. The summed E-state index contributed by atoms with van der Waals surface area (Å²) < 4.78 is 0. The molecule has 0 atom stereocenters. The summed E-state index contributed by atoms with van der Waals surface area (Å²) >= 11 is 0. The molecule has 1 aromatic carbocycles. The van der Waals surface area contributed by atoms with Gasteiger partial charge in [0.05, 0.1) is 0 Å². The molecule has 6 nitrogen and oxygen atoms in total. The maximum atomic E-state index is 12.6. The Morgan fingerprint density at radius 2 is 1.74 bits per heavy atom. The molecule has 1 saturated heterocycles. The Bertz CT molecular complexity index is 774. The van der Waals surface area contributed by atoms with E-state index in [9.17, 15) is 4.79 Å². The van der Waals surface area contributed by atoms with Crippen molar-refractivity contribution in [3.05, 3.63) is 47.8 Å². The first kappa shape index (κ1) is 19.3. The van der Waals surface area contributed by atoms with Crippen LogP contribution in [0.3, 0.4) is 0 Å². The van der Waals surface area contributed by atoms with Crippen LogP contribution in [0.15, 0.2) is 36.5 Å². The molecule has 27 heavy (non-hydrogen) atoms. The minimum Gasteiger partial charge on any atom is -0.338 e. The van der Waals surface area contributed by atoms with E-state index in [1.165, 1.54) is 5.56 Å². The Balaban J connectivity index is 1.67. The van der Waals surface area contributed by atoms with E-state index >= 15 is 0 Å². The van der Waals surface area contributed by atoms with Crippen LogP contribution in [-0.4, -0.2) is 53.5 Å². The number of nitrogens with zero attached hydrogens (tertiary/aromatic N) is 4. The highest BCUT2D eigenvalue weighted by atomic mass is 16.1. The zero-order valence-electron chi connectivity index (χ0n) is 16.7. The van der Waals surface area contributed by atoms with Crippen molar-refractivity contribution in [2.24, 2.45) is 0 Å². The molecule has 3 rings (SSSR count). The predicted molar refractivity (Wildman–Crippen MR) is 109 cm³/mol. The van der Waals surface area contributed by atoms with E-state index in [1.54, 1.807) is 12.3 Å². The monoisotopic (exact) mass is 367 g/mol. The zero-order chi connectivity index (χ0) is 19.4. The normalized spacial score (nSPS) is 15.6. The van der Waals surface area contributed by atoms with Crippen LogP contribution in [0.2, 0.25) is 0 Å². The highest BCUT2D eigenvalue weighted by Gasteiger charge is 2.19. The molecule has 0 radical (unpaired) electrons. The van der Waals surface area contributed by atoms with Gasteiger partial charge in [0.25, 0.3) is 5.91 Å². The van der Waals surface area contributed by atoms with Crippen molar-refractivity contribution in [3.63, 3.8) is 0 Å². The van der Waals surface area contributed by atoms with Crippen LogP contribution in [-0.2, 0) is 5.41 Å². The van der Waals surface area contributed by atoms with Crippen molar-refractivity contribution in [1.29, 1.82) is 0 Å². The summed E-state index contributed by atoms with van der Waals surface area (Å²) in [7, 11) is 0. The lowest BCUT2D eigenvalue weighted by Gasteiger charge is -2.34. The molecule has 0 unspecified atom stereocenters. The average molecular weight is 367 g/mol. The number of rotatable bonds is 4. The third kappa shape index (κ3) is 4.83. The number of piperazine rings is 1. The average Bonchev–Trinajstić information content (AvgIpc) is 2.68. The minimum absolute atomic E-state index is 0.0892. The van der Waals surface area contributed by atoms with Crippen molar-refractivity contribution in [1.82, 2.24) is 14.9 Å².